The monoisotopic (exact) mass is 426 g/mol. The van der Waals surface area contributed by atoms with E-state index in [9.17, 15) is 21.6 Å². The van der Waals surface area contributed by atoms with E-state index in [0.717, 1.165) is 6.07 Å². The molecule has 29 heavy (non-hydrogen) atoms. The van der Waals surface area contributed by atoms with E-state index in [2.05, 4.69) is 14.4 Å². The van der Waals surface area contributed by atoms with Gasteiger partial charge in [0, 0.05) is 17.3 Å². The van der Waals surface area contributed by atoms with E-state index in [1.165, 1.54) is 18.2 Å². The molecule has 1 aromatic heterocycles. The van der Waals surface area contributed by atoms with Gasteiger partial charge in [-0.2, -0.15) is 13.2 Å². The maximum atomic E-state index is 12.8. The van der Waals surface area contributed by atoms with Gasteiger partial charge in [-0.15, -0.1) is 0 Å². The van der Waals surface area contributed by atoms with E-state index >= 15 is 0 Å². The van der Waals surface area contributed by atoms with Gasteiger partial charge in [0.15, 0.2) is 0 Å². The number of anilines is 1. The fourth-order valence-electron chi connectivity index (χ4n) is 2.59. The summed E-state index contributed by atoms with van der Waals surface area (Å²) < 4.78 is 75.9. The third-order valence-electron chi connectivity index (χ3n) is 3.98. The molecule has 0 saturated carbocycles. The number of rotatable bonds is 6. The van der Waals surface area contributed by atoms with Crippen molar-refractivity contribution in [2.45, 2.75) is 24.9 Å². The fourth-order valence-corrected chi connectivity index (χ4v) is 3.92. The largest absolute Gasteiger partial charge is 0.494 e. The van der Waals surface area contributed by atoms with Crippen LogP contribution in [0.25, 0.3) is 11.3 Å². The Balaban J connectivity index is 1.91. The standard InChI is InChI=1S/C19H17F3N2O4S/c1-3-27-15-8-6-14(7-9-15)24-29(25,26)17-10-13(5-4-12(17)2)16-11-18(28-23-16)19(20,21)22/h4-11,24H,3H2,1-2H3. The number of benzene rings is 2. The van der Waals surface area contributed by atoms with Crippen LogP contribution in [-0.2, 0) is 16.2 Å². The minimum atomic E-state index is -4.68. The lowest BCUT2D eigenvalue weighted by molar-refractivity contribution is -0.155. The Hall–Kier alpha value is -3.01. The highest BCUT2D eigenvalue weighted by atomic mass is 32.2. The number of nitrogens with zero attached hydrogens (tertiary/aromatic N) is 1. The van der Waals surface area contributed by atoms with Crippen molar-refractivity contribution >= 4 is 15.7 Å². The van der Waals surface area contributed by atoms with E-state index in [-0.39, 0.29) is 16.2 Å². The topological polar surface area (TPSA) is 81.4 Å². The molecule has 0 radical (unpaired) electrons. The average Bonchev–Trinajstić information content (AvgIpc) is 3.14. The molecule has 6 nitrogen and oxygen atoms in total. The van der Waals surface area contributed by atoms with Crippen LogP contribution in [0.4, 0.5) is 18.9 Å². The second-order valence-corrected chi connectivity index (χ2v) is 7.77. The summed E-state index contributed by atoms with van der Waals surface area (Å²) in [6, 6.07) is 11.3. The molecule has 0 fully saturated rings. The van der Waals surface area contributed by atoms with Gasteiger partial charge in [-0.1, -0.05) is 17.3 Å². The summed E-state index contributed by atoms with van der Waals surface area (Å²) in [5, 5.41) is 3.39. The quantitative estimate of drug-likeness (QED) is 0.608. The van der Waals surface area contributed by atoms with Crippen LogP contribution in [0.3, 0.4) is 0 Å². The van der Waals surface area contributed by atoms with Gasteiger partial charge in [-0.25, -0.2) is 8.42 Å². The molecular formula is C19H17F3N2O4S. The zero-order chi connectivity index (χ0) is 21.2. The van der Waals surface area contributed by atoms with Gasteiger partial charge in [0.05, 0.1) is 11.5 Å². The second kappa shape index (κ2) is 7.78. The maximum Gasteiger partial charge on any atom is 0.452 e. The minimum Gasteiger partial charge on any atom is -0.494 e. The van der Waals surface area contributed by atoms with E-state index in [0.29, 0.717) is 23.6 Å². The van der Waals surface area contributed by atoms with Crippen molar-refractivity contribution < 1.29 is 30.8 Å². The van der Waals surface area contributed by atoms with Crippen LogP contribution in [0.5, 0.6) is 5.75 Å². The minimum absolute atomic E-state index is 0.0829. The second-order valence-electron chi connectivity index (χ2n) is 6.12. The molecule has 0 amide bonds. The molecule has 10 heteroatoms. The van der Waals surface area contributed by atoms with Crippen molar-refractivity contribution in [2.75, 3.05) is 11.3 Å². The first kappa shape index (κ1) is 20.7. The lowest BCUT2D eigenvalue weighted by atomic mass is 10.1. The number of aromatic nitrogens is 1. The Labute approximate surface area is 165 Å². The number of alkyl halides is 3. The molecule has 0 saturated heterocycles. The lowest BCUT2D eigenvalue weighted by Crippen LogP contribution is -2.14. The SMILES string of the molecule is CCOc1ccc(NS(=O)(=O)c2cc(-c3cc(C(F)(F)F)on3)ccc2C)cc1. The van der Waals surface area contributed by atoms with Crippen molar-refractivity contribution in [2.24, 2.45) is 0 Å². The summed E-state index contributed by atoms with van der Waals surface area (Å²) in [5.74, 6) is -0.662. The summed E-state index contributed by atoms with van der Waals surface area (Å²) >= 11 is 0. The molecule has 3 rings (SSSR count). The predicted octanol–water partition coefficient (Wildman–Crippen LogP) is 4.87. The molecule has 0 aliphatic rings. The van der Waals surface area contributed by atoms with E-state index in [1.807, 2.05) is 6.92 Å². The van der Waals surface area contributed by atoms with Crippen LogP contribution in [0.1, 0.15) is 18.2 Å². The number of halogens is 3. The van der Waals surface area contributed by atoms with Crippen LogP contribution < -0.4 is 9.46 Å². The zero-order valence-corrected chi connectivity index (χ0v) is 16.3. The van der Waals surface area contributed by atoms with Crippen molar-refractivity contribution in [3.05, 3.63) is 59.9 Å². The van der Waals surface area contributed by atoms with Gasteiger partial charge in [-0.3, -0.25) is 4.72 Å². The number of nitrogens with one attached hydrogen (secondary N) is 1. The molecule has 0 bridgehead atoms. The van der Waals surface area contributed by atoms with Crippen molar-refractivity contribution in [3.8, 4) is 17.0 Å². The third-order valence-corrected chi connectivity index (χ3v) is 5.50. The Morgan fingerprint density at radius 1 is 1.10 bits per heavy atom. The van der Waals surface area contributed by atoms with Crippen molar-refractivity contribution in [1.82, 2.24) is 5.16 Å². The first-order chi connectivity index (χ1) is 13.6. The molecule has 0 atom stereocenters. The van der Waals surface area contributed by atoms with Crippen molar-refractivity contribution in [1.29, 1.82) is 0 Å². The highest BCUT2D eigenvalue weighted by Gasteiger charge is 2.36. The summed E-state index contributed by atoms with van der Waals surface area (Å²) in [4.78, 5) is -0.0829. The molecule has 0 aliphatic carbocycles. The first-order valence-corrected chi connectivity index (χ1v) is 9.99. The molecule has 0 spiro atoms. The Morgan fingerprint density at radius 3 is 2.38 bits per heavy atom. The molecule has 3 aromatic rings. The first-order valence-electron chi connectivity index (χ1n) is 8.51. The zero-order valence-electron chi connectivity index (χ0n) is 15.4. The van der Waals surface area contributed by atoms with Crippen LogP contribution in [0, 0.1) is 6.92 Å². The third kappa shape index (κ3) is 4.70. The van der Waals surface area contributed by atoms with E-state index < -0.39 is 22.0 Å². The van der Waals surface area contributed by atoms with Gasteiger partial charge in [-0.05, 0) is 49.7 Å². The molecule has 1 N–H and O–H groups in total. The Kier molecular flexibility index (Phi) is 5.56. The highest BCUT2D eigenvalue weighted by Crippen LogP contribution is 2.33. The van der Waals surface area contributed by atoms with E-state index in [4.69, 9.17) is 4.74 Å². The van der Waals surface area contributed by atoms with Gasteiger partial charge < -0.3 is 9.26 Å². The van der Waals surface area contributed by atoms with Crippen LogP contribution >= 0.6 is 0 Å². The van der Waals surface area contributed by atoms with Gasteiger partial charge in [0.25, 0.3) is 10.0 Å². The number of aryl methyl sites for hydroxylation is 1. The van der Waals surface area contributed by atoms with E-state index in [1.54, 1.807) is 31.2 Å². The Morgan fingerprint density at radius 2 is 1.79 bits per heavy atom. The summed E-state index contributed by atoms with van der Waals surface area (Å²) in [5.41, 5.74) is 0.808. The smallest absolute Gasteiger partial charge is 0.452 e. The number of sulfonamides is 1. The van der Waals surface area contributed by atoms with Crippen LogP contribution in [0.2, 0.25) is 0 Å². The van der Waals surface area contributed by atoms with Gasteiger partial charge in [0.1, 0.15) is 11.4 Å². The molecule has 0 unspecified atom stereocenters. The average molecular weight is 426 g/mol. The van der Waals surface area contributed by atoms with Gasteiger partial charge >= 0.3 is 6.18 Å². The normalized spacial score (nSPS) is 12.0. The lowest BCUT2D eigenvalue weighted by Gasteiger charge is -2.12. The summed E-state index contributed by atoms with van der Waals surface area (Å²) in [7, 11) is -3.99. The van der Waals surface area contributed by atoms with Crippen LogP contribution in [-0.4, -0.2) is 20.2 Å². The number of ether oxygens (including phenoxy) is 1. The maximum absolute atomic E-state index is 12.8. The molecule has 154 valence electrons. The Bertz CT molecular complexity index is 1110. The molecule has 2 aromatic carbocycles. The van der Waals surface area contributed by atoms with Crippen LogP contribution in [0.15, 0.2) is 57.9 Å². The molecule has 1 heterocycles. The molecule has 0 aliphatic heterocycles. The fraction of sp³-hybridized carbons (Fsp3) is 0.211. The number of hydrogen-bond acceptors (Lipinski definition) is 5. The summed E-state index contributed by atoms with van der Waals surface area (Å²) in [6.45, 7) is 3.90. The highest BCUT2D eigenvalue weighted by molar-refractivity contribution is 7.92. The van der Waals surface area contributed by atoms with Gasteiger partial charge in [0.2, 0.25) is 5.76 Å². The number of hydrogen-bond donors (Lipinski definition) is 1. The van der Waals surface area contributed by atoms with Crippen molar-refractivity contribution in [3.63, 3.8) is 0 Å². The molecular weight excluding hydrogens is 409 g/mol. The predicted molar refractivity (Wildman–Crippen MR) is 100 cm³/mol. The summed E-state index contributed by atoms with van der Waals surface area (Å²) in [6.07, 6.45) is -4.68.